The first-order valence-corrected chi connectivity index (χ1v) is 6.97. The van der Waals surface area contributed by atoms with E-state index in [-0.39, 0.29) is 0 Å². The van der Waals surface area contributed by atoms with Gasteiger partial charge in [0, 0.05) is 10.1 Å². The first kappa shape index (κ1) is 14.3. The minimum atomic E-state index is -1.12. The second-order valence-electron chi connectivity index (χ2n) is 3.93. The van der Waals surface area contributed by atoms with E-state index in [0.29, 0.717) is 6.54 Å². The fourth-order valence-electron chi connectivity index (χ4n) is 1.68. The number of carboxylic acid groups (broad SMARTS) is 1. The highest BCUT2D eigenvalue weighted by atomic mass is 127. The zero-order chi connectivity index (χ0) is 12.7. The van der Waals surface area contributed by atoms with Crippen LogP contribution in [0.4, 0.5) is 10.5 Å². The molecule has 94 valence electrons. The zero-order valence-electron chi connectivity index (χ0n) is 9.99. The summed E-state index contributed by atoms with van der Waals surface area (Å²) in [5.41, 5.74) is 0.726. The molecule has 0 saturated carbocycles. The van der Waals surface area contributed by atoms with Gasteiger partial charge in [-0.3, -0.25) is 0 Å². The van der Waals surface area contributed by atoms with Gasteiger partial charge in [0.15, 0.2) is 0 Å². The molecular formula is C13H17INO2-. The predicted molar refractivity (Wildman–Crippen MR) is 76.0 cm³/mol. The molecular weight excluding hydrogens is 329 g/mol. The standard InChI is InChI=1S/C13H18INO2/c1-2-3-4-7-10-15(13(16)17)12-9-6-5-8-11(12)14/h5-6,8-9H,2-4,7,10H2,1H3,(H,16,17)/p-1. The number of unbranched alkanes of at least 4 members (excludes halogenated alkanes) is 3. The minimum absolute atomic E-state index is 0.516. The number of amides is 1. The Labute approximate surface area is 116 Å². The highest BCUT2D eigenvalue weighted by molar-refractivity contribution is 14.1. The van der Waals surface area contributed by atoms with Gasteiger partial charge < -0.3 is 14.8 Å². The van der Waals surface area contributed by atoms with Crippen molar-refractivity contribution in [2.45, 2.75) is 32.6 Å². The van der Waals surface area contributed by atoms with E-state index < -0.39 is 6.09 Å². The Morgan fingerprint density at radius 2 is 2.00 bits per heavy atom. The molecule has 0 fully saturated rings. The number of benzene rings is 1. The SMILES string of the molecule is CCCCCCN(C(=O)[O-])c1ccccc1I. The largest absolute Gasteiger partial charge is 0.530 e. The number of rotatable bonds is 6. The molecule has 0 heterocycles. The van der Waals surface area contributed by atoms with Gasteiger partial charge in [-0.15, -0.1) is 0 Å². The summed E-state index contributed by atoms with van der Waals surface area (Å²) >= 11 is 2.14. The number of halogens is 1. The summed E-state index contributed by atoms with van der Waals surface area (Å²) in [6, 6.07) is 7.46. The molecule has 0 N–H and O–H groups in total. The molecule has 17 heavy (non-hydrogen) atoms. The molecule has 3 nitrogen and oxygen atoms in total. The minimum Gasteiger partial charge on any atom is -0.530 e. The van der Waals surface area contributed by atoms with Gasteiger partial charge in [-0.05, 0) is 41.1 Å². The van der Waals surface area contributed by atoms with E-state index in [9.17, 15) is 9.90 Å². The summed E-state index contributed by atoms with van der Waals surface area (Å²) < 4.78 is 0.935. The molecule has 0 bridgehead atoms. The molecule has 1 amide bonds. The van der Waals surface area contributed by atoms with E-state index in [2.05, 4.69) is 29.5 Å². The summed E-state index contributed by atoms with van der Waals surface area (Å²) in [4.78, 5) is 12.5. The molecule has 1 aromatic rings. The molecule has 0 aromatic heterocycles. The van der Waals surface area contributed by atoms with E-state index in [1.54, 1.807) is 0 Å². The summed E-state index contributed by atoms with van der Waals surface area (Å²) in [5.74, 6) is 0. The lowest BCUT2D eigenvalue weighted by molar-refractivity contribution is -0.246. The lowest BCUT2D eigenvalue weighted by atomic mass is 10.2. The lowest BCUT2D eigenvalue weighted by Gasteiger charge is -2.26. The Balaban J connectivity index is 2.66. The van der Waals surface area contributed by atoms with Gasteiger partial charge in [-0.1, -0.05) is 38.3 Å². The van der Waals surface area contributed by atoms with Crippen molar-refractivity contribution in [2.75, 3.05) is 11.4 Å². The van der Waals surface area contributed by atoms with Crippen molar-refractivity contribution in [1.82, 2.24) is 0 Å². The molecule has 0 spiro atoms. The molecule has 0 unspecified atom stereocenters. The number of para-hydroxylation sites is 1. The monoisotopic (exact) mass is 346 g/mol. The maximum Gasteiger partial charge on any atom is 0.141 e. The zero-order valence-corrected chi connectivity index (χ0v) is 12.1. The molecule has 0 aliphatic rings. The predicted octanol–water partition coefficient (Wildman–Crippen LogP) is 3.02. The highest BCUT2D eigenvalue weighted by Gasteiger charge is 2.09. The number of hydrogen-bond acceptors (Lipinski definition) is 2. The van der Waals surface area contributed by atoms with E-state index in [4.69, 9.17) is 0 Å². The smallest absolute Gasteiger partial charge is 0.141 e. The first-order chi connectivity index (χ1) is 8.16. The van der Waals surface area contributed by atoms with Crippen molar-refractivity contribution < 1.29 is 9.90 Å². The van der Waals surface area contributed by atoms with Crippen molar-refractivity contribution in [3.8, 4) is 0 Å². The molecule has 0 saturated heterocycles. The van der Waals surface area contributed by atoms with Gasteiger partial charge in [0.2, 0.25) is 0 Å². The van der Waals surface area contributed by atoms with Crippen LogP contribution in [0.3, 0.4) is 0 Å². The molecule has 0 radical (unpaired) electrons. The van der Waals surface area contributed by atoms with Crippen molar-refractivity contribution in [2.24, 2.45) is 0 Å². The van der Waals surface area contributed by atoms with Crippen LogP contribution in [0.15, 0.2) is 24.3 Å². The van der Waals surface area contributed by atoms with Gasteiger partial charge in [-0.25, -0.2) is 0 Å². The first-order valence-electron chi connectivity index (χ1n) is 5.90. The van der Waals surface area contributed by atoms with Crippen molar-refractivity contribution in [3.05, 3.63) is 27.8 Å². The maximum atomic E-state index is 11.1. The van der Waals surface area contributed by atoms with E-state index >= 15 is 0 Å². The molecule has 0 aliphatic heterocycles. The third kappa shape index (κ3) is 4.53. The maximum absolute atomic E-state index is 11.1. The Hall–Kier alpha value is -0.780. The van der Waals surface area contributed by atoms with Gasteiger partial charge in [-0.2, -0.15) is 0 Å². The summed E-state index contributed by atoms with van der Waals surface area (Å²) in [6.07, 6.45) is 3.11. The second kappa shape index (κ2) is 7.53. The van der Waals surface area contributed by atoms with Gasteiger partial charge in [0.1, 0.15) is 6.09 Å². The van der Waals surface area contributed by atoms with Crippen LogP contribution in [-0.4, -0.2) is 12.6 Å². The summed E-state index contributed by atoms with van der Waals surface area (Å²) in [5, 5.41) is 11.1. The second-order valence-corrected chi connectivity index (χ2v) is 5.09. The normalized spacial score (nSPS) is 10.2. The van der Waals surface area contributed by atoms with E-state index in [1.165, 1.54) is 4.90 Å². The van der Waals surface area contributed by atoms with Crippen LogP contribution in [0.2, 0.25) is 0 Å². The van der Waals surface area contributed by atoms with Gasteiger partial charge in [0.25, 0.3) is 0 Å². The number of hydrogen-bond donors (Lipinski definition) is 0. The van der Waals surface area contributed by atoms with Crippen LogP contribution in [-0.2, 0) is 0 Å². The Morgan fingerprint density at radius 3 is 2.59 bits per heavy atom. The number of nitrogens with zero attached hydrogens (tertiary/aromatic N) is 1. The average molecular weight is 346 g/mol. The fraction of sp³-hybridized carbons (Fsp3) is 0.462. The number of anilines is 1. The summed E-state index contributed by atoms with van der Waals surface area (Å²) in [6.45, 7) is 2.65. The van der Waals surface area contributed by atoms with Gasteiger partial charge in [0.05, 0.1) is 5.69 Å². The van der Waals surface area contributed by atoms with Crippen LogP contribution >= 0.6 is 22.6 Å². The van der Waals surface area contributed by atoms with Gasteiger partial charge >= 0.3 is 0 Å². The van der Waals surface area contributed by atoms with Crippen LogP contribution in [0.25, 0.3) is 0 Å². The lowest BCUT2D eigenvalue weighted by Crippen LogP contribution is -2.42. The van der Waals surface area contributed by atoms with Crippen LogP contribution in [0.5, 0.6) is 0 Å². The molecule has 1 rings (SSSR count). The van der Waals surface area contributed by atoms with Crippen LogP contribution < -0.4 is 10.0 Å². The quantitative estimate of drug-likeness (QED) is 0.587. The van der Waals surface area contributed by atoms with E-state index in [1.807, 2.05) is 24.3 Å². The van der Waals surface area contributed by atoms with Crippen LogP contribution in [0.1, 0.15) is 32.6 Å². The average Bonchev–Trinajstić information content (AvgIpc) is 2.30. The Kier molecular flexibility index (Phi) is 6.32. The Morgan fingerprint density at radius 1 is 1.29 bits per heavy atom. The molecule has 0 atom stereocenters. The van der Waals surface area contributed by atoms with E-state index in [0.717, 1.165) is 34.9 Å². The molecule has 4 heteroatoms. The molecule has 0 aliphatic carbocycles. The third-order valence-corrected chi connectivity index (χ3v) is 3.51. The third-order valence-electron chi connectivity index (χ3n) is 2.60. The van der Waals surface area contributed by atoms with Crippen LogP contribution in [0, 0.1) is 3.57 Å². The van der Waals surface area contributed by atoms with Crippen molar-refractivity contribution in [1.29, 1.82) is 0 Å². The summed E-state index contributed by atoms with van der Waals surface area (Å²) in [7, 11) is 0. The van der Waals surface area contributed by atoms with Crippen molar-refractivity contribution in [3.63, 3.8) is 0 Å². The fourth-order valence-corrected chi connectivity index (χ4v) is 2.36. The topological polar surface area (TPSA) is 43.4 Å². The number of carbonyl (C=O) groups is 1. The van der Waals surface area contributed by atoms with Crippen molar-refractivity contribution >= 4 is 34.4 Å². The molecule has 1 aromatic carbocycles. The number of carbonyl (C=O) groups excluding carboxylic acids is 1. The highest BCUT2D eigenvalue weighted by Crippen LogP contribution is 2.22. The Bertz CT molecular complexity index is 368.